The fraction of sp³-hybridized carbons (Fsp3) is 0.286. The van der Waals surface area contributed by atoms with Crippen molar-refractivity contribution < 1.29 is 14.3 Å². The Morgan fingerprint density at radius 3 is 2.57 bits per heavy atom. The second-order valence-corrected chi connectivity index (χ2v) is 6.94. The number of carbonyl (C=O) groups is 2. The number of anilines is 1. The first-order valence-electron chi connectivity index (χ1n) is 8.98. The van der Waals surface area contributed by atoms with Crippen LogP contribution in [-0.4, -0.2) is 24.1 Å². The summed E-state index contributed by atoms with van der Waals surface area (Å²) >= 11 is 6.01. The molecular weight excluding hydrogens is 378 g/mol. The Bertz CT molecular complexity index is 866. The van der Waals surface area contributed by atoms with Gasteiger partial charge in [0.2, 0.25) is 11.8 Å². The minimum Gasteiger partial charge on any atom is -0.490 e. The Kier molecular flexibility index (Phi) is 8.02. The van der Waals surface area contributed by atoms with Gasteiger partial charge in [0.1, 0.15) is 5.75 Å². The number of nitrogens with zero attached hydrogens (tertiary/aromatic N) is 1. The van der Waals surface area contributed by atoms with Gasteiger partial charge in [-0.2, -0.15) is 5.10 Å². The minimum atomic E-state index is -0.357. The van der Waals surface area contributed by atoms with Gasteiger partial charge in [-0.05, 0) is 50.6 Å². The number of hydrogen-bond donors (Lipinski definition) is 2. The zero-order valence-electron chi connectivity index (χ0n) is 16.2. The molecule has 0 bridgehead atoms. The third-order valence-electron chi connectivity index (χ3n) is 3.73. The van der Waals surface area contributed by atoms with Crippen molar-refractivity contribution in [3.05, 3.63) is 58.6 Å². The van der Waals surface area contributed by atoms with Crippen molar-refractivity contribution in [2.24, 2.45) is 5.10 Å². The van der Waals surface area contributed by atoms with Crippen LogP contribution in [0.15, 0.2) is 47.6 Å². The van der Waals surface area contributed by atoms with Crippen molar-refractivity contribution in [3.8, 4) is 5.75 Å². The zero-order chi connectivity index (χ0) is 20.5. The number of halogens is 1. The van der Waals surface area contributed by atoms with E-state index in [-0.39, 0.29) is 30.8 Å². The van der Waals surface area contributed by atoms with E-state index in [0.717, 1.165) is 11.3 Å². The first kappa shape index (κ1) is 21.4. The van der Waals surface area contributed by atoms with Crippen molar-refractivity contribution >= 4 is 35.3 Å². The molecule has 0 unspecified atom stereocenters. The maximum atomic E-state index is 12.0. The molecule has 0 aliphatic heterocycles. The number of hydrazone groups is 1. The Hall–Kier alpha value is -2.86. The summed E-state index contributed by atoms with van der Waals surface area (Å²) in [5.41, 5.74) is 4.77. The first-order valence-corrected chi connectivity index (χ1v) is 9.36. The van der Waals surface area contributed by atoms with Crippen LogP contribution in [0, 0.1) is 6.92 Å². The van der Waals surface area contributed by atoms with E-state index < -0.39 is 0 Å². The van der Waals surface area contributed by atoms with Gasteiger partial charge in [-0.1, -0.05) is 29.8 Å². The fourth-order valence-electron chi connectivity index (χ4n) is 2.36. The molecule has 2 N–H and O–H groups in total. The number of hydrogen-bond acceptors (Lipinski definition) is 4. The van der Waals surface area contributed by atoms with Crippen molar-refractivity contribution in [3.63, 3.8) is 0 Å². The highest BCUT2D eigenvalue weighted by molar-refractivity contribution is 6.30. The molecule has 0 aromatic heterocycles. The molecule has 0 fully saturated rings. The highest BCUT2D eigenvalue weighted by atomic mass is 35.5. The SMILES string of the molecule is Cc1ccccc1NC(=O)CCC(=O)NN=Cc1cc(Cl)ccc1OC(C)C. The molecule has 148 valence electrons. The Balaban J connectivity index is 1.84. The van der Waals surface area contributed by atoms with Crippen LogP contribution in [0.2, 0.25) is 5.02 Å². The van der Waals surface area contributed by atoms with Gasteiger partial charge in [-0.25, -0.2) is 5.43 Å². The van der Waals surface area contributed by atoms with E-state index in [1.807, 2.05) is 45.0 Å². The number of amides is 2. The number of aryl methyl sites for hydroxylation is 1. The van der Waals surface area contributed by atoms with E-state index in [1.54, 1.807) is 18.2 Å². The quantitative estimate of drug-likeness (QED) is 0.511. The second-order valence-electron chi connectivity index (χ2n) is 6.51. The van der Waals surface area contributed by atoms with Gasteiger partial charge in [-0.3, -0.25) is 9.59 Å². The Morgan fingerprint density at radius 1 is 1.14 bits per heavy atom. The lowest BCUT2D eigenvalue weighted by atomic mass is 10.2. The molecule has 2 aromatic rings. The van der Waals surface area contributed by atoms with Gasteiger partial charge in [0, 0.05) is 29.1 Å². The van der Waals surface area contributed by atoms with Crippen molar-refractivity contribution in [2.45, 2.75) is 39.7 Å². The lowest BCUT2D eigenvalue weighted by molar-refractivity contribution is -0.124. The van der Waals surface area contributed by atoms with Crippen LogP contribution in [0.5, 0.6) is 5.75 Å². The lowest BCUT2D eigenvalue weighted by Gasteiger charge is -2.12. The fourth-order valence-corrected chi connectivity index (χ4v) is 2.54. The smallest absolute Gasteiger partial charge is 0.240 e. The van der Waals surface area contributed by atoms with Crippen LogP contribution in [0.1, 0.15) is 37.8 Å². The molecule has 0 atom stereocenters. The van der Waals surface area contributed by atoms with Crippen LogP contribution in [0.25, 0.3) is 0 Å². The van der Waals surface area contributed by atoms with E-state index in [0.29, 0.717) is 16.3 Å². The first-order chi connectivity index (χ1) is 13.3. The summed E-state index contributed by atoms with van der Waals surface area (Å²) in [4.78, 5) is 23.9. The van der Waals surface area contributed by atoms with Gasteiger partial charge in [-0.15, -0.1) is 0 Å². The molecule has 0 radical (unpaired) electrons. The Morgan fingerprint density at radius 2 is 1.86 bits per heavy atom. The number of rotatable bonds is 8. The molecule has 0 aliphatic carbocycles. The van der Waals surface area contributed by atoms with E-state index in [9.17, 15) is 9.59 Å². The lowest BCUT2D eigenvalue weighted by Crippen LogP contribution is -2.21. The maximum Gasteiger partial charge on any atom is 0.240 e. The van der Waals surface area contributed by atoms with Gasteiger partial charge in [0.15, 0.2) is 0 Å². The molecule has 2 amide bonds. The van der Waals surface area contributed by atoms with E-state index in [4.69, 9.17) is 16.3 Å². The van der Waals surface area contributed by atoms with Crippen molar-refractivity contribution in [1.82, 2.24) is 5.43 Å². The molecule has 0 saturated heterocycles. The zero-order valence-corrected chi connectivity index (χ0v) is 16.9. The maximum absolute atomic E-state index is 12.0. The molecule has 0 spiro atoms. The number of benzene rings is 2. The van der Waals surface area contributed by atoms with E-state index >= 15 is 0 Å². The predicted octanol–water partition coefficient (Wildman–Crippen LogP) is 4.30. The van der Waals surface area contributed by atoms with E-state index in [2.05, 4.69) is 15.8 Å². The van der Waals surface area contributed by atoms with E-state index in [1.165, 1.54) is 6.21 Å². The van der Waals surface area contributed by atoms with Gasteiger partial charge in [0.05, 0.1) is 12.3 Å². The predicted molar refractivity (Wildman–Crippen MR) is 112 cm³/mol. The molecule has 2 aromatic carbocycles. The van der Waals surface area contributed by atoms with Crippen LogP contribution in [0.3, 0.4) is 0 Å². The number of nitrogens with one attached hydrogen (secondary N) is 2. The average molecular weight is 402 g/mol. The van der Waals surface area contributed by atoms with Gasteiger partial charge in [0.25, 0.3) is 0 Å². The normalized spacial score (nSPS) is 10.9. The molecule has 0 aliphatic rings. The molecule has 6 nitrogen and oxygen atoms in total. The summed E-state index contributed by atoms with van der Waals surface area (Å²) in [6.07, 6.45) is 1.55. The number of para-hydroxylation sites is 1. The summed E-state index contributed by atoms with van der Waals surface area (Å²) in [6, 6.07) is 12.6. The molecule has 0 saturated carbocycles. The van der Waals surface area contributed by atoms with Crippen molar-refractivity contribution in [1.29, 1.82) is 0 Å². The van der Waals surface area contributed by atoms with Crippen LogP contribution >= 0.6 is 11.6 Å². The van der Waals surface area contributed by atoms with Crippen LogP contribution < -0.4 is 15.5 Å². The topological polar surface area (TPSA) is 79.8 Å². The highest BCUT2D eigenvalue weighted by Crippen LogP contribution is 2.22. The van der Waals surface area contributed by atoms with Crippen LogP contribution in [0.4, 0.5) is 5.69 Å². The van der Waals surface area contributed by atoms with Gasteiger partial charge >= 0.3 is 0 Å². The molecule has 0 heterocycles. The summed E-state index contributed by atoms with van der Waals surface area (Å²) in [6.45, 7) is 5.74. The standard InChI is InChI=1S/C21H24ClN3O3/c1-14(2)28-19-9-8-17(22)12-16(19)13-23-25-21(27)11-10-20(26)24-18-7-5-4-6-15(18)3/h4-9,12-14H,10-11H2,1-3H3,(H,24,26)(H,25,27). The molecule has 2 rings (SSSR count). The molecular formula is C21H24ClN3O3. The van der Waals surface area contributed by atoms with Crippen LogP contribution in [-0.2, 0) is 9.59 Å². The third kappa shape index (κ3) is 7.04. The summed E-state index contributed by atoms with van der Waals surface area (Å²) in [5.74, 6) is 0.0374. The average Bonchev–Trinajstić information content (AvgIpc) is 2.64. The van der Waals surface area contributed by atoms with Crippen molar-refractivity contribution in [2.75, 3.05) is 5.32 Å². The largest absolute Gasteiger partial charge is 0.490 e. The molecule has 28 heavy (non-hydrogen) atoms. The molecule has 7 heteroatoms. The number of carbonyl (C=O) groups excluding carboxylic acids is 2. The van der Waals surface area contributed by atoms with Gasteiger partial charge < -0.3 is 10.1 Å². The highest BCUT2D eigenvalue weighted by Gasteiger charge is 2.08. The summed E-state index contributed by atoms with van der Waals surface area (Å²) in [7, 11) is 0. The summed E-state index contributed by atoms with van der Waals surface area (Å²) in [5, 5.41) is 7.26. The second kappa shape index (κ2) is 10.5. The third-order valence-corrected chi connectivity index (χ3v) is 3.96. The minimum absolute atomic E-state index is 0.00493. The Labute approximate surface area is 169 Å². The number of ether oxygens (including phenoxy) is 1. The summed E-state index contributed by atoms with van der Waals surface area (Å²) < 4.78 is 5.69. The monoisotopic (exact) mass is 401 g/mol.